The number of amides is 1. The zero-order chi connectivity index (χ0) is 18.7. The lowest BCUT2D eigenvalue weighted by molar-refractivity contribution is -0.130. The van der Waals surface area contributed by atoms with Crippen LogP contribution in [0.2, 0.25) is 0 Å². The molecule has 1 aliphatic carbocycles. The van der Waals surface area contributed by atoms with Crippen LogP contribution in [-0.4, -0.2) is 24.0 Å². The molecule has 1 aromatic carbocycles. The molecule has 0 aliphatic heterocycles. The molecule has 6 nitrogen and oxygen atoms in total. The fourth-order valence-corrected chi connectivity index (χ4v) is 3.31. The number of carbonyl (C=O) groups excluding carboxylic acids is 2. The van der Waals surface area contributed by atoms with E-state index < -0.39 is 12.1 Å². The first-order valence-electron chi connectivity index (χ1n) is 9.00. The van der Waals surface area contributed by atoms with Crippen molar-refractivity contribution in [3.05, 3.63) is 46.3 Å². The van der Waals surface area contributed by atoms with Gasteiger partial charge in [0.15, 0.2) is 11.5 Å². The first-order chi connectivity index (χ1) is 12.5. The predicted molar refractivity (Wildman–Crippen MR) is 96.9 cm³/mol. The van der Waals surface area contributed by atoms with Gasteiger partial charge in [0.2, 0.25) is 5.76 Å². The van der Waals surface area contributed by atoms with Crippen LogP contribution in [0.1, 0.15) is 50.1 Å². The lowest BCUT2D eigenvalue weighted by atomic mass is 9.86. The second-order valence-corrected chi connectivity index (χ2v) is 6.90. The van der Waals surface area contributed by atoms with Crippen molar-refractivity contribution in [2.75, 3.05) is 0 Å². The highest BCUT2D eigenvalue weighted by molar-refractivity contribution is 5.91. The van der Waals surface area contributed by atoms with E-state index in [1.165, 1.54) is 13.3 Å². The Labute approximate surface area is 151 Å². The summed E-state index contributed by atoms with van der Waals surface area (Å²) in [4.78, 5) is 36.7. The van der Waals surface area contributed by atoms with Gasteiger partial charge in [0.05, 0.1) is 5.39 Å². The number of esters is 1. The molecule has 1 heterocycles. The van der Waals surface area contributed by atoms with Crippen molar-refractivity contribution in [1.82, 2.24) is 5.32 Å². The van der Waals surface area contributed by atoms with Gasteiger partial charge in [-0.3, -0.25) is 9.59 Å². The van der Waals surface area contributed by atoms with Gasteiger partial charge in [-0.2, -0.15) is 0 Å². The molecule has 1 fully saturated rings. The summed E-state index contributed by atoms with van der Waals surface area (Å²) in [6.07, 6.45) is 3.33. The van der Waals surface area contributed by atoms with E-state index in [0.29, 0.717) is 16.9 Å². The number of hydrogen-bond acceptors (Lipinski definition) is 5. The second kappa shape index (κ2) is 7.72. The Balaban J connectivity index is 1.67. The normalized spacial score (nSPS) is 21.2. The summed E-state index contributed by atoms with van der Waals surface area (Å²) < 4.78 is 10.6. The van der Waals surface area contributed by atoms with E-state index in [2.05, 4.69) is 12.2 Å². The first-order valence-corrected chi connectivity index (χ1v) is 9.00. The Bertz CT molecular complexity index is 872. The number of ether oxygens (including phenoxy) is 1. The molecule has 0 spiro atoms. The molecule has 1 aromatic heterocycles. The number of nitrogens with one attached hydrogen (secondary N) is 1. The minimum absolute atomic E-state index is 0.107. The molecule has 6 heteroatoms. The Morgan fingerprint density at radius 1 is 1.23 bits per heavy atom. The Morgan fingerprint density at radius 3 is 2.73 bits per heavy atom. The molecule has 0 bridgehead atoms. The zero-order valence-corrected chi connectivity index (χ0v) is 15.0. The van der Waals surface area contributed by atoms with E-state index in [0.717, 1.165) is 25.3 Å². The lowest BCUT2D eigenvalue weighted by Crippen LogP contribution is -2.46. The van der Waals surface area contributed by atoms with Gasteiger partial charge in [-0.25, -0.2) is 4.79 Å². The minimum Gasteiger partial charge on any atom is -0.449 e. The molecule has 3 unspecified atom stereocenters. The van der Waals surface area contributed by atoms with Gasteiger partial charge >= 0.3 is 5.97 Å². The maximum atomic E-state index is 12.3. The molecule has 3 rings (SSSR count). The molecule has 1 amide bonds. The van der Waals surface area contributed by atoms with E-state index >= 15 is 0 Å². The largest absolute Gasteiger partial charge is 0.449 e. The average molecular weight is 357 g/mol. The van der Waals surface area contributed by atoms with Crippen LogP contribution >= 0.6 is 0 Å². The van der Waals surface area contributed by atoms with Crippen LogP contribution in [0.25, 0.3) is 11.0 Å². The van der Waals surface area contributed by atoms with Gasteiger partial charge in [0.25, 0.3) is 5.91 Å². The number of benzene rings is 1. The molecule has 1 saturated carbocycles. The van der Waals surface area contributed by atoms with Crippen molar-refractivity contribution < 1.29 is 18.7 Å². The summed E-state index contributed by atoms with van der Waals surface area (Å²) in [6, 6.07) is 7.86. The maximum absolute atomic E-state index is 12.3. The highest BCUT2D eigenvalue weighted by Gasteiger charge is 2.27. The molecule has 1 aliphatic rings. The van der Waals surface area contributed by atoms with E-state index in [-0.39, 0.29) is 23.1 Å². The SMILES string of the molecule is CC(OC(=O)c1cc(=O)c2ccccc2o1)C(=O)NC1CCCCC1C. The summed E-state index contributed by atoms with van der Waals surface area (Å²) >= 11 is 0. The van der Waals surface area contributed by atoms with Gasteiger partial charge in [0.1, 0.15) is 5.58 Å². The highest BCUT2D eigenvalue weighted by atomic mass is 16.6. The number of fused-ring (bicyclic) bond motifs is 1. The first kappa shape index (κ1) is 18.2. The molecule has 0 radical (unpaired) electrons. The molecule has 1 N–H and O–H groups in total. The van der Waals surface area contributed by atoms with Gasteiger partial charge < -0.3 is 14.5 Å². The van der Waals surface area contributed by atoms with Gasteiger partial charge in [-0.05, 0) is 37.8 Å². The Hall–Kier alpha value is -2.63. The van der Waals surface area contributed by atoms with Crippen molar-refractivity contribution in [1.29, 1.82) is 0 Å². The summed E-state index contributed by atoms with van der Waals surface area (Å²) in [5.74, 6) is -0.957. The fourth-order valence-electron chi connectivity index (χ4n) is 3.31. The standard InChI is InChI=1S/C20H23NO5/c1-12-7-3-5-9-15(12)21-19(23)13(2)25-20(24)18-11-16(22)14-8-4-6-10-17(14)26-18/h4,6,8,10-13,15H,3,5,7,9H2,1-2H3,(H,21,23). The third kappa shape index (κ3) is 3.95. The number of para-hydroxylation sites is 1. The summed E-state index contributed by atoms with van der Waals surface area (Å²) in [7, 11) is 0. The van der Waals surface area contributed by atoms with Crippen LogP contribution in [0.3, 0.4) is 0 Å². The Kier molecular flexibility index (Phi) is 5.40. The molecular formula is C20H23NO5. The van der Waals surface area contributed by atoms with Crippen LogP contribution in [0.15, 0.2) is 39.5 Å². The van der Waals surface area contributed by atoms with Crippen LogP contribution in [-0.2, 0) is 9.53 Å². The van der Waals surface area contributed by atoms with E-state index in [9.17, 15) is 14.4 Å². The number of carbonyl (C=O) groups is 2. The van der Waals surface area contributed by atoms with Crippen LogP contribution < -0.4 is 10.7 Å². The van der Waals surface area contributed by atoms with Crippen molar-refractivity contribution in [3.8, 4) is 0 Å². The third-order valence-corrected chi connectivity index (χ3v) is 4.93. The van der Waals surface area contributed by atoms with Crippen LogP contribution in [0.5, 0.6) is 0 Å². The molecule has 3 atom stereocenters. The summed E-state index contributed by atoms with van der Waals surface area (Å²) in [5, 5.41) is 3.35. The molecule has 26 heavy (non-hydrogen) atoms. The van der Waals surface area contributed by atoms with Gasteiger partial charge in [-0.15, -0.1) is 0 Å². The third-order valence-electron chi connectivity index (χ3n) is 4.93. The maximum Gasteiger partial charge on any atom is 0.375 e. The smallest absolute Gasteiger partial charge is 0.375 e. The fraction of sp³-hybridized carbons (Fsp3) is 0.450. The molecule has 138 valence electrons. The van der Waals surface area contributed by atoms with Crippen LogP contribution in [0.4, 0.5) is 0 Å². The van der Waals surface area contributed by atoms with Gasteiger partial charge in [0, 0.05) is 12.1 Å². The molecule has 0 saturated heterocycles. The zero-order valence-electron chi connectivity index (χ0n) is 15.0. The van der Waals surface area contributed by atoms with Crippen molar-refractivity contribution >= 4 is 22.8 Å². The van der Waals surface area contributed by atoms with Crippen molar-refractivity contribution in [2.24, 2.45) is 5.92 Å². The number of rotatable bonds is 4. The van der Waals surface area contributed by atoms with Crippen LogP contribution in [0, 0.1) is 5.92 Å². The van der Waals surface area contributed by atoms with Gasteiger partial charge in [-0.1, -0.05) is 31.9 Å². The lowest BCUT2D eigenvalue weighted by Gasteiger charge is -2.30. The molecular weight excluding hydrogens is 334 g/mol. The predicted octanol–water partition coefficient (Wildman–Crippen LogP) is 3.03. The quantitative estimate of drug-likeness (QED) is 0.850. The van der Waals surface area contributed by atoms with E-state index in [1.54, 1.807) is 24.3 Å². The monoisotopic (exact) mass is 357 g/mol. The number of hydrogen-bond donors (Lipinski definition) is 1. The molecule has 2 aromatic rings. The summed E-state index contributed by atoms with van der Waals surface area (Å²) in [5.41, 5.74) is -0.0213. The second-order valence-electron chi connectivity index (χ2n) is 6.90. The minimum atomic E-state index is -0.964. The van der Waals surface area contributed by atoms with E-state index in [4.69, 9.17) is 9.15 Å². The topological polar surface area (TPSA) is 85.6 Å². The summed E-state index contributed by atoms with van der Waals surface area (Å²) in [6.45, 7) is 3.63. The van der Waals surface area contributed by atoms with E-state index in [1.807, 2.05) is 0 Å². The highest BCUT2D eigenvalue weighted by Crippen LogP contribution is 2.23. The Morgan fingerprint density at radius 2 is 1.96 bits per heavy atom. The van der Waals surface area contributed by atoms with Crippen molar-refractivity contribution in [3.63, 3.8) is 0 Å². The van der Waals surface area contributed by atoms with Crippen molar-refractivity contribution in [2.45, 2.75) is 51.7 Å². The average Bonchev–Trinajstić information content (AvgIpc) is 2.63.